The van der Waals surface area contributed by atoms with Crippen molar-refractivity contribution in [3.8, 4) is 0 Å². The number of hydrogen-bond donors (Lipinski definition) is 0. The Labute approximate surface area is 110 Å². The Morgan fingerprint density at radius 3 is 2.67 bits per heavy atom. The van der Waals surface area contributed by atoms with Crippen molar-refractivity contribution in [3.63, 3.8) is 0 Å². The molecule has 0 aliphatic rings. The first-order chi connectivity index (χ1) is 8.55. The lowest BCUT2D eigenvalue weighted by Gasteiger charge is -2.04. The molecule has 0 amide bonds. The third kappa shape index (κ3) is 3.60. The average molecular weight is 287 g/mol. The molecule has 1 aromatic heterocycles. The van der Waals surface area contributed by atoms with Crippen molar-refractivity contribution in [2.75, 3.05) is 0 Å². The molecular weight excluding hydrogens is 276 g/mol. The third-order valence-electron chi connectivity index (χ3n) is 2.27. The van der Waals surface area contributed by atoms with Crippen molar-refractivity contribution >= 4 is 19.7 Å². The Bertz CT molecular complexity index is 605. The lowest BCUT2D eigenvalue weighted by atomic mass is 10.2. The van der Waals surface area contributed by atoms with E-state index in [0.717, 1.165) is 11.3 Å². The van der Waals surface area contributed by atoms with E-state index < -0.39 is 9.05 Å². The summed E-state index contributed by atoms with van der Waals surface area (Å²) in [4.78, 5) is 0.0725. The summed E-state index contributed by atoms with van der Waals surface area (Å²) in [6.07, 6.45) is 1.57. The Kier molecular flexibility index (Phi) is 4.06. The fraction of sp³-hybridized carbons (Fsp3) is 0.167. The highest BCUT2D eigenvalue weighted by molar-refractivity contribution is 8.13. The van der Waals surface area contributed by atoms with Gasteiger partial charge in [-0.1, -0.05) is 12.1 Å². The molecule has 2 aromatic rings. The number of ether oxygens (including phenoxy) is 1. The molecule has 0 bridgehead atoms. The molecule has 2 rings (SSSR count). The molecule has 0 radical (unpaired) electrons. The minimum absolute atomic E-state index is 0.0725. The van der Waals surface area contributed by atoms with Crippen molar-refractivity contribution < 1.29 is 17.6 Å². The standard InChI is InChI=1S/C12H11ClO4S/c13-18(14,15)12-5-1-3-10(7-12)8-16-9-11-4-2-6-17-11/h1-7H,8-9H2. The van der Waals surface area contributed by atoms with Crippen LogP contribution in [0.15, 0.2) is 52.0 Å². The maximum absolute atomic E-state index is 11.2. The topological polar surface area (TPSA) is 56.5 Å². The van der Waals surface area contributed by atoms with Gasteiger partial charge in [0.2, 0.25) is 0 Å². The lowest BCUT2D eigenvalue weighted by Crippen LogP contribution is -1.96. The minimum atomic E-state index is -3.70. The maximum atomic E-state index is 11.2. The zero-order chi connectivity index (χ0) is 13.0. The van der Waals surface area contributed by atoms with Gasteiger partial charge in [0.25, 0.3) is 9.05 Å². The Morgan fingerprint density at radius 2 is 2.00 bits per heavy atom. The van der Waals surface area contributed by atoms with Gasteiger partial charge in [0.1, 0.15) is 12.4 Å². The monoisotopic (exact) mass is 286 g/mol. The summed E-state index contributed by atoms with van der Waals surface area (Å²) in [6.45, 7) is 0.631. The van der Waals surface area contributed by atoms with E-state index in [1.807, 2.05) is 0 Å². The fourth-order valence-electron chi connectivity index (χ4n) is 1.45. The summed E-state index contributed by atoms with van der Waals surface area (Å²) in [7, 11) is 1.57. The maximum Gasteiger partial charge on any atom is 0.261 e. The van der Waals surface area contributed by atoms with E-state index in [-0.39, 0.29) is 4.90 Å². The van der Waals surface area contributed by atoms with E-state index in [0.29, 0.717) is 13.2 Å². The van der Waals surface area contributed by atoms with Crippen LogP contribution in [0.3, 0.4) is 0 Å². The average Bonchev–Trinajstić information content (AvgIpc) is 2.81. The number of benzene rings is 1. The number of hydrogen-bond acceptors (Lipinski definition) is 4. The highest BCUT2D eigenvalue weighted by atomic mass is 35.7. The number of halogens is 1. The molecule has 0 fully saturated rings. The van der Waals surface area contributed by atoms with Crippen LogP contribution in [-0.2, 0) is 27.0 Å². The van der Waals surface area contributed by atoms with Crippen LogP contribution < -0.4 is 0 Å². The van der Waals surface area contributed by atoms with Crippen molar-refractivity contribution in [2.24, 2.45) is 0 Å². The second kappa shape index (κ2) is 5.56. The van der Waals surface area contributed by atoms with Crippen molar-refractivity contribution in [3.05, 3.63) is 54.0 Å². The van der Waals surface area contributed by atoms with E-state index in [9.17, 15) is 8.42 Å². The lowest BCUT2D eigenvalue weighted by molar-refractivity contribution is 0.0928. The van der Waals surface area contributed by atoms with Gasteiger partial charge in [-0.15, -0.1) is 0 Å². The van der Waals surface area contributed by atoms with Gasteiger partial charge in [-0.05, 0) is 29.8 Å². The van der Waals surface area contributed by atoms with Gasteiger partial charge in [0.15, 0.2) is 0 Å². The first kappa shape index (κ1) is 13.1. The molecule has 0 saturated heterocycles. The zero-order valence-corrected chi connectivity index (χ0v) is 10.9. The molecule has 4 nitrogen and oxygen atoms in total. The van der Waals surface area contributed by atoms with Crippen LogP contribution in [-0.4, -0.2) is 8.42 Å². The molecule has 0 spiro atoms. The van der Waals surface area contributed by atoms with Crippen LogP contribution in [0.5, 0.6) is 0 Å². The third-order valence-corrected chi connectivity index (χ3v) is 3.62. The second-order valence-corrected chi connectivity index (χ2v) is 6.22. The van der Waals surface area contributed by atoms with Gasteiger partial charge >= 0.3 is 0 Å². The molecule has 0 atom stereocenters. The van der Waals surface area contributed by atoms with E-state index in [1.54, 1.807) is 30.5 Å². The predicted molar refractivity (Wildman–Crippen MR) is 66.7 cm³/mol. The summed E-state index contributed by atoms with van der Waals surface area (Å²) in [5, 5.41) is 0. The minimum Gasteiger partial charge on any atom is -0.467 e. The van der Waals surface area contributed by atoms with Crippen molar-refractivity contribution in [1.29, 1.82) is 0 Å². The van der Waals surface area contributed by atoms with Crippen LogP contribution in [0.4, 0.5) is 0 Å². The fourth-order valence-corrected chi connectivity index (χ4v) is 2.27. The van der Waals surface area contributed by atoms with Crippen LogP contribution in [0.2, 0.25) is 0 Å². The van der Waals surface area contributed by atoms with E-state index in [2.05, 4.69) is 0 Å². The molecule has 1 heterocycles. The molecule has 1 aromatic carbocycles. The van der Waals surface area contributed by atoms with Gasteiger partial charge in [-0.3, -0.25) is 0 Å². The Hall–Kier alpha value is -1.30. The van der Waals surface area contributed by atoms with Crippen molar-refractivity contribution in [1.82, 2.24) is 0 Å². The molecular formula is C12H11ClO4S. The summed E-state index contributed by atoms with van der Waals surface area (Å²) < 4.78 is 32.8. The van der Waals surface area contributed by atoms with Crippen LogP contribution in [0, 0.1) is 0 Å². The van der Waals surface area contributed by atoms with E-state index in [4.69, 9.17) is 19.8 Å². The number of rotatable bonds is 5. The highest BCUT2D eigenvalue weighted by Crippen LogP contribution is 2.17. The van der Waals surface area contributed by atoms with Crippen LogP contribution >= 0.6 is 10.7 Å². The van der Waals surface area contributed by atoms with Gasteiger partial charge in [0.05, 0.1) is 17.8 Å². The van der Waals surface area contributed by atoms with Crippen molar-refractivity contribution in [2.45, 2.75) is 18.1 Å². The first-order valence-electron chi connectivity index (χ1n) is 5.19. The summed E-state index contributed by atoms with van der Waals surface area (Å²) >= 11 is 0. The van der Waals surface area contributed by atoms with Gasteiger partial charge in [-0.25, -0.2) is 8.42 Å². The Balaban J connectivity index is 1.98. The highest BCUT2D eigenvalue weighted by Gasteiger charge is 2.09. The second-order valence-electron chi connectivity index (χ2n) is 3.66. The summed E-state index contributed by atoms with van der Waals surface area (Å²) in [6, 6.07) is 9.91. The first-order valence-corrected chi connectivity index (χ1v) is 7.50. The summed E-state index contributed by atoms with van der Waals surface area (Å²) in [5.74, 6) is 0.719. The van der Waals surface area contributed by atoms with E-state index in [1.165, 1.54) is 12.1 Å². The SMILES string of the molecule is O=S(=O)(Cl)c1cccc(COCc2ccco2)c1. The molecule has 0 aliphatic carbocycles. The molecule has 0 unspecified atom stereocenters. The van der Waals surface area contributed by atoms with Gasteiger partial charge < -0.3 is 9.15 Å². The predicted octanol–water partition coefficient (Wildman–Crippen LogP) is 2.92. The zero-order valence-electron chi connectivity index (χ0n) is 9.37. The molecule has 0 N–H and O–H groups in total. The van der Waals surface area contributed by atoms with E-state index >= 15 is 0 Å². The smallest absolute Gasteiger partial charge is 0.261 e. The van der Waals surface area contributed by atoms with Gasteiger partial charge in [0, 0.05) is 10.7 Å². The van der Waals surface area contributed by atoms with Gasteiger partial charge in [-0.2, -0.15) is 0 Å². The largest absolute Gasteiger partial charge is 0.467 e. The quantitative estimate of drug-likeness (QED) is 0.793. The number of furan rings is 1. The molecule has 96 valence electrons. The van der Waals surface area contributed by atoms with Crippen LogP contribution in [0.1, 0.15) is 11.3 Å². The molecule has 0 aliphatic heterocycles. The molecule has 18 heavy (non-hydrogen) atoms. The van der Waals surface area contributed by atoms with Crippen LogP contribution in [0.25, 0.3) is 0 Å². The normalized spacial score (nSPS) is 11.6. The summed E-state index contributed by atoms with van der Waals surface area (Å²) in [5.41, 5.74) is 0.739. The Morgan fingerprint density at radius 1 is 1.17 bits per heavy atom. The molecule has 0 saturated carbocycles. The molecule has 6 heteroatoms.